The van der Waals surface area contributed by atoms with Crippen molar-refractivity contribution in [3.8, 4) is 0 Å². The molecule has 3 rings (SSSR count). The lowest BCUT2D eigenvalue weighted by molar-refractivity contribution is 0.595. The van der Waals surface area contributed by atoms with Crippen molar-refractivity contribution in [2.45, 2.75) is 35.5 Å². The molecular weight excluding hydrogens is 246 g/mol. The van der Waals surface area contributed by atoms with Gasteiger partial charge in [-0.1, -0.05) is 6.07 Å². The first-order valence-electron chi connectivity index (χ1n) is 6.17. The van der Waals surface area contributed by atoms with E-state index in [2.05, 4.69) is 4.98 Å². The Balaban J connectivity index is 2.08. The highest BCUT2D eigenvalue weighted by molar-refractivity contribution is 7.91. The van der Waals surface area contributed by atoms with Gasteiger partial charge in [0.2, 0.25) is 9.84 Å². The van der Waals surface area contributed by atoms with E-state index < -0.39 is 9.84 Å². The molecule has 0 spiro atoms. The molecule has 1 aliphatic rings. The van der Waals surface area contributed by atoms with E-state index in [1.165, 1.54) is 23.7 Å². The number of rotatable bonds is 2. The highest BCUT2D eigenvalue weighted by Crippen LogP contribution is 2.27. The van der Waals surface area contributed by atoms with Crippen LogP contribution in [0.3, 0.4) is 0 Å². The van der Waals surface area contributed by atoms with Crippen LogP contribution >= 0.6 is 0 Å². The van der Waals surface area contributed by atoms with Crippen LogP contribution in [0.1, 0.15) is 24.0 Å². The van der Waals surface area contributed by atoms with Gasteiger partial charge in [0.25, 0.3) is 0 Å². The van der Waals surface area contributed by atoms with Crippen LogP contribution in [0.25, 0.3) is 0 Å². The van der Waals surface area contributed by atoms with Gasteiger partial charge in [0.1, 0.15) is 0 Å². The Bertz CT molecular complexity index is 657. The molecule has 94 valence electrons. The maximum atomic E-state index is 12.4. The van der Waals surface area contributed by atoms with Crippen LogP contribution in [0.5, 0.6) is 0 Å². The summed E-state index contributed by atoms with van der Waals surface area (Å²) in [7, 11) is -3.36. The van der Waals surface area contributed by atoms with Gasteiger partial charge in [-0.25, -0.2) is 8.42 Å². The van der Waals surface area contributed by atoms with E-state index in [4.69, 9.17) is 0 Å². The van der Waals surface area contributed by atoms with Crippen molar-refractivity contribution < 1.29 is 8.42 Å². The first kappa shape index (κ1) is 11.5. The minimum atomic E-state index is -3.36. The SMILES string of the molecule is O=S(=O)(c1cc[nH]c1)c1ccc2c(c1)CCCC2. The number of aromatic amines is 1. The van der Waals surface area contributed by atoms with Crippen molar-refractivity contribution in [1.82, 2.24) is 4.98 Å². The molecule has 1 N–H and O–H groups in total. The maximum absolute atomic E-state index is 12.4. The first-order chi connectivity index (χ1) is 8.68. The summed E-state index contributed by atoms with van der Waals surface area (Å²) in [6.45, 7) is 0. The summed E-state index contributed by atoms with van der Waals surface area (Å²) in [5.74, 6) is 0. The molecule has 0 atom stereocenters. The number of benzene rings is 1. The number of fused-ring (bicyclic) bond motifs is 1. The first-order valence-corrected chi connectivity index (χ1v) is 7.66. The number of aryl methyl sites for hydroxylation is 2. The largest absolute Gasteiger partial charge is 0.366 e. The predicted molar refractivity (Wildman–Crippen MR) is 69.3 cm³/mol. The second kappa shape index (κ2) is 4.28. The number of hydrogen-bond acceptors (Lipinski definition) is 2. The quantitative estimate of drug-likeness (QED) is 0.903. The molecule has 2 aromatic rings. The second-order valence-corrected chi connectivity index (χ2v) is 6.64. The molecule has 3 nitrogen and oxygen atoms in total. The zero-order valence-corrected chi connectivity index (χ0v) is 10.8. The van der Waals surface area contributed by atoms with Crippen LogP contribution in [0.15, 0.2) is 46.5 Å². The van der Waals surface area contributed by atoms with Crippen LogP contribution in [0.4, 0.5) is 0 Å². The van der Waals surface area contributed by atoms with Gasteiger partial charge in [0.05, 0.1) is 9.79 Å². The summed E-state index contributed by atoms with van der Waals surface area (Å²) in [4.78, 5) is 3.53. The average molecular weight is 261 g/mol. The lowest BCUT2D eigenvalue weighted by atomic mass is 9.92. The van der Waals surface area contributed by atoms with E-state index in [9.17, 15) is 8.42 Å². The summed E-state index contributed by atoms with van der Waals surface area (Å²) in [6.07, 6.45) is 7.57. The Hall–Kier alpha value is -1.55. The number of nitrogens with one attached hydrogen (secondary N) is 1. The number of H-pyrrole nitrogens is 1. The standard InChI is InChI=1S/C14H15NO2S/c16-18(17,14-7-8-15-10-14)13-6-5-11-3-1-2-4-12(11)9-13/h5-10,15H,1-4H2. The molecule has 18 heavy (non-hydrogen) atoms. The Morgan fingerprint density at radius 2 is 1.72 bits per heavy atom. The lowest BCUT2D eigenvalue weighted by Crippen LogP contribution is -2.06. The molecule has 0 bridgehead atoms. The fourth-order valence-electron chi connectivity index (χ4n) is 2.49. The van der Waals surface area contributed by atoms with Gasteiger partial charge in [0, 0.05) is 12.4 Å². The van der Waals surface area contributed by atoms with E-state index >= 15 is 0 Å². The lowest BCUT2D eigenvalue weighted by Gasteiger charge is -2.16. The van der Waals surface area contributed by atoms with E-state index in [0.717, 1.165) is 19.3 Å². The molecule has 0 fully saturated rings. The Labute approximate surface area is 107 Å². The number of aromatic nitrogens is 1. The van der Waals surface area contributed by atoms with E-state index in [-0.39, 0.29) is 0 Å². The zero-order valence-electron chi connectivity index (χ0n) is 10.0. The molecule has 1 aromatic heterocycles. The molecule has 0 aliphatic heterocycles. The van der Waals surface area contributed by atoms with Crippen LogP contribution in [-0.4, -0.2) is 13.4 Å². The fraction of sp³-hybridized carbons (Fsp3) is 0.286. The van der Waals surface area contributed by atoms with E-state index in [0.29, 0.717) is 9.79 Å². The summed E-state index contributed by atoms with van der Waals surface area (Å²) in [5.41, 5.74) is 2.49. The monoisotopic (exact) mass is 261 g/mol. The third kappa shape index (κ3) is 1.86. The van der Waals surface area contributed by atoms with Crippen molar-refractivity contribution in [2.24, 2.45) is 0 Å². The fourth-order valence-corrected chi connectivity index (χ4v) is 3.78. The summed E-state index contributed by atoms with van der Waals surface area (Å²) in [5, 5.41) is 0. The average Bonchev–Trinajstić information content (AvgIpc) is 2.92. The highest BCUT2D eigenvalue weighted by Gasteiger charge is 2.20. The van der Waals surface area contributed by atoms with Gasteiger partial charge in [-0.05, 0) is 55.0 Å². The van der Waals surface area contributed by atoms with Crippen LogP contribution in [-0.2, 0) is 22.7 Å². The van der Waals surface area contributed by atoms with Gasteiger partial charge < -0.3 is 4.98 Å². The third-order valence-corrected chi connectivity index (χ3v) is 5.26. The summed E-state index contributed by atoms with van der Waals surface area (Å²) < 4.78 is 24.7. The van der Waals surface area contributed by atoms with Gasteiger partial charge in [-0.3, -0.25) is 0 Å². The minimum Gasteiger partial charge on any atom is -0.366 e. The molecule has 4 heteroatoms. The van der Waals surface area contributed by atoms with Crippen molar-refractivity contribution in [2.75, 3.05) is 0 Å². The van der Waals surface area contributed by atoms with Crippen LogP contribution in [0.2, 0.25) is 0 Å². The molecule has 0 amide bonds. The molecule has 1 aromatic carbocycles. The van der Waals surface area contributed by atoms with Gasteiger partial charge in [0.15, 0.2) is 0 Å². The molecule has 0 saturated carbocycles. The van der Waals surface area contributed by atoms with Gasteiger partial charge in [-0.15, -0.1) is 0 Å². The molecule has 0 saturated heterocycles. The second-order valence-electron chi connectivity index (χ2n) is 4.69. The minimum absolute atomic E-state index is 0.332. The predicted octanol–water partition coefficient (Wildman–Crippen LogP) is 2.73. The Kier molecular flexibility index (Phi) is 2.74. The normalized spacial score (nSPS) is 15.3. The van der Waals surface area contributed by atoms with E-state index in [1.54, 1.807) is 18.3 Å². The molecule has 1 heterocycles. The molecule has 0 radical (unpaired) electrons. The number of sulfone groups is 1. The van der Waals surface area contributed by atoms with Gasteiger partial charge >= 0.3 is 0 Å². The highest BCUT2D eigenvalue weighted by atomic mass is 32.2. The maximum Gasteiger partial charge on any atom is 0.208 e. The van der Waals surface area contributed by atoms with Crippen molar-refractivity contribution in [1.29, 1.82) is 0 Å². The molecular formula is C14H15NO2S. The van der Waals surface area contributed by atoms with Crippen molar-refractivity contribution >= 4 is 9.84 Å². The summed E-state index contributed by atoms with van der Waals surface area (Å²) in [6, 6.07) is 7.13. The molecule has 0 unspecified atom stereocenters. The zero-order chi connectivity index (χ0) is 12.6. The van der Waals surface area contributed by atoms with Crippen molar-refractivity contribution in [3.63, 3.8) is 0 Å². The topological polar surface area (TPSA) is 49.9 Å². The number of hydrogen-bond donors (Lipinski definition) is 1. The smallest absolute Gasteiger partial charge is 0.208 e. The van der Waals surface area contributed by atoms with Crippen LogP contribution in [0, 0.1) is 0 Å². The van der Waals surface area contributed by atoms with Crippen molar-refractivity contribution in [3.05, 3.63) is 47.8 Å². The molecule has 1 aliphatic carbocycles. The third-order valence-electron chi connectivity index (χ3n) is 3.51. The van der Waals surface area contributed by atoms with Crippen LogP contribution < -0.4 is 0 Å². The van der Waals surface area contributed by atoms with Gasteiger partial charge in [-0.2, -0.15) is 0 Å². The Morgan fingerprint density at radius 3 is 2.44 bits per heavy atom. The summed E-state index contributed by atoms with van der Waals surface area (Å²) >= 11 is 0. The Morgan fingerprint density at radius 1 is 0.944 bits per heavy atom. The van der Waals surface area contributed by atoms with E-state index in [1.807, 2.05) is 12.1 Å².